The van der Waals surface area contributed by atoms with Gasteiger partial charge in [0, 0.05) is 18.4 Å². The Balaban J connectivity index is 2.17. The summed E-state index contributed by atoms with van der Waals surface area (Å²) in [4.78, 5) is 22.5. The van der Waals surface area contributed by atoms with E-state index in [1.54, 1.807) is 0 Å². The topological polar surface area (TPSA) is 66.4 Å². The molecule has 1 aliphatic rings. The molecule has 0 spiro atoms. The molecule has 0 bridgehead atoms. The van der Waals surface area contributed by atoms with Crippen LogP contribution in [-0.2, 0) is 9.59 Å². The predicted octanol–water partition coefficient (Wildman–Crippen LogP) is 2.96. The molecular weight excluding hydrogens is 242 g/mol. The number of hydrogen-bond donors (Lipinski definition) is 2. The van der Waals surface area contributed by atoms with Gasteiger partial charge in [-0.25, -0.2) is 0 Å². The van der Waals surface area contributed by atoms with E-state index in [0.717, 1.165) is 12.8 Å². The Morgan fingerprint density at radius 3 is 2.37 bits per heavy atom. The maximum atomic E-state index is 12.2. The van der Waals surface area contributed by atoms with E-state index in [4.69, 9.17) is 5.11 Å². The highest BCUT2D eigenvalue weighted by atomic mass is 16.4. The first kappa shape index (κ1) is 16.0. The van der Waals surface area contributed by atoms with Gasteiger partial charge in [-0.1, -0.05) is 33.1 Å². The smallest absolute Gasteiger partial charge is 0.303 e. The molecule has 1 fully saturated rings. The molecule has 0 atom stereocenters. The Kier molecular flexibility index (Phi) is 6.32. The minimum absolute atomic E-state index is 0.151. The lowest BCUT2D eigenvalue weighted by Gasteiger charge is -2.30. The summed E-state index contributed by atoms with van der Waals surface area (Å²) >= 11 is 0. The molecule has 1 saturated carbocycles. The van der Waals surface area contributed by atoms with E-state index in [1.165, 1.54) is 25.7 Å². The highest BCUT2D eigenvalue weighted by molar-refractivity contribution is 5.82. The SMILES string of the molecule is CC(C)(C(=O)NCCCCCC(=O)O)C1CCCC1. The Morgan fingerprint density at radius 1 is 1.16 bits per heavy atom. The quantitative estimate of drug-likeness (QED) is 0.666. The Morgan fingerprint density at radius 2 is 1.79 bits per heavy atom. The van der Waals surface area contributed by atoms with Crippen molar-refractivity contribution in [3.63, 3.8) is 0 Å². The van der Waals surface area contributed by atoms with Crippen LogP contribution < -0.4 is 5.32 Å². The molecule has 2 N–H and O–H groups in total. The molecule has 0 aromatic carbocycles. The van der Waals surface area contributed by atoms with Crippen molar-refractivity contribution in [3.05, 3.63) is 0 Å². The van der Waals surface area contributed by atoms with Crippen molar-refractivity contribution in [2.75, 3.05) is 6.54 Å². The van der Waals surface area contributed by atoms with Crippen molar-refractivity contribution in [2.24, 2.45) is 11.3 Å². The summed E-state index contributed by atoms with van der Waals surface area (Å²) in [6, 6.07) is 0. The van der Waals surface area contributed by atoms with Gasteiger partial charge >= 0.3 is 5.97 Å². The number of hydrogen-bond acceptors (Lipinski definition) is 2. The highest BCUT2D eigenvalue weighted by Gasteiger charge is 2.37. The molecule has 1 aliphatic carbocycles. The lowest BCUT2D eigenvalue weighted by atomic mass is 9.77. The lowest BCUT2D eigenvalue weighted by molar-refractivity contribution is -0.137. The largest absolute Gasteiger partial charge is 0.481 e. The fourth-order valence-corrected chi connectivity index (χ4v) is 2.84. The van der Waals surface area contributed by atoms with Gasteiger partial charge in [-0.15, -0.1) is 0 Å². The van der Waals surface area contributed by atoms with Crippen LogP contribution in [0.15, 0.2) is 0 Å². The molecule has 0 aromatic rings. The van der Waals surface area contributed by atoms with Crippen molar-refractivity contribution in [1.29, 1.82) is 0 Å². The third-order valence-corrected chi connectivity index (χ3v) is 4.31. The fourth-order valence-electron chi connectivity index (χ4n) is 2.84. The van der Waals surface area contributed by atoms with E-state index in [0.29, 0.717) is 18.9 Å². The van der Waals surface area contributed by atoms with Crippen LogP contribution in [0.25, 0.3) is 0 Å². The zero-order chi connectivity index (χ0) is 14.3. The van der Waals surface area contributed by atoms with E-state index >= 15 is 0 Å². The number of amides is 1. The number of rotatable bonds is 8. The fraction of sp³-hybridized carbons (Fsp3) is 0.867. The Hall–Kier alpha value is -1.06. The third kappa shape index (κ3) is 5.21. The molecule has 110 valence electrons. The zero-order valence-electron chi connectivity index (χ0n) is 12.2. The van der Waals surface area contributed by atoms with Gasteiger partial charge in [0.1, 0.15) is 0 Å². The lowest BCUT2D eigenvalue weighted by Crippen LogP contribution is -2.41. The molecule has 19 heavy (non-hydrogen) atoms. The van der Waals surface area contributed by atoms with Crippen LogP contribution in [0.2, 0.25) is 0 Å². The van der Waals surface area contributed by atoms with Gasteiger partial charge in [-0.05, 0) is 31.6 Å². The van der Waals surface area contributed by atoms with Gasteiger partial charge in [0.2, 0.25) is 5.91 Å². The van der Waals surface area contributed by atoms with Crippen LogP contribution >= 0.6 is 0 Å². The molecule has 1 amide bonds. The van der Waals surface area contributed by atoms with Crippen LogP contribution in [0, 0.1) is 11.3 Å². The number of aliphatic carboxylic acids is 1. The van der Waals surface area contributed by atoms with Crippen molar-refractivity contribution in [3.8, 4) is 0 Å². The van der Waals surface area contributed by atoms with E-state index in [9.17, 15) is 9.59 Å². The van der Waals surface area contributed by atoms with Gasteiger partial charge in [0.25, 0.3) is 0 Å². The van der Waals surface area contributed by atoms with Crippen LogP contribution in [-0.4, -0.2) is 23.5 Å². The molecule has 4 heteroatoms. The minimum atomic E-state index is -0.744. The van der Waals surface area contributed by atoms with Gasteiger partial charge in [-0.3, -0.25) is 9.59 Å². The van der Waals surface area contributed by atoms with Crippen molar-refractivity contribution >= 4 is 11.9 Å². The molecule has 4 nitrogen and oxygen atoms in total. The molecule has 0 aliphatic heterocycles. The molecule has 0 saturated heterocycles. The first-order valence-electron chi connectivity index (χ1n) is 7.44. The number of carbonyl (C=O) groups excluding carboxylic acids is 1. The summed E-state index contributed by atoms with van der Waals surface area (Å²) in [6.45, 7) is 4.75. The molecule has 0 aromatic heterocycles. The van der Waals surface area contributed by atoms with Crippen molar-refractivity contribution < 1.29 is 14.7 Å². The van der Waals surface area contributed by atoms with Crippen LogP contribution in [0.4, 0.5) is 0 Å². The van der Waals surface area contributed by atoms with Crippen molar-refractivity contribution in [1.82, 2.24) is 5.32 Å². The first-order chi connectivity index (χ1) is 8.94. The van der Waals surface area contributed by atoms with E-state index in [1.807, 2.05) is 13.8 Å². The zero-order valence-corrected chi connectivity index (χ0v) is 12.2. The van der Waals surface area contributed by atoms with Crippen molar-refractivity contribution in [2.45, 2.75) is 65.2 Å². The van der Waals surface area contributed by atoms with Crippen LogP contribution in [0.1, 0.15) is 65.2 Å². The summed E-state index contributed by atoms with van der Waals surface area (Å²) in [5.41, 5.74) is -0.266. The summed E-state index contributed by atoms with van der Waals surface area (Å²) in [5, 5.41) is 11.5. The monoisotopic (exact) mass is 269 g/mol. The second-order valence-corrected chi connectivity index (χ2v) is 6.16. The maximum Gasteiger partial charge on any atom is 0.303 e. The average Bonchev–Trinajstić information content (AvgIpc) is 2.87. The van der Waals surface area contributed by atoms with E-state index in [2.05, 4.69) is 5.32 Å². The average molecular weight is 269 g/mol. The molecule has 0 unspecified atom stereocenters. The summed E-state index contributed by atoms with van der Waals surface area (Å²) in [7, 11) is 0. The van der Waals surface area contributed by atoms with Crippen LogP contribution in [0.3, 0.4) is 0 Å². The standard InChI is InChI=1S/C15H27NO3/c1-15(2,12-8-5-6-9-12)14(19)16-11-7-3-4-10-13(17)18/h12H,3-11H2,1-2H3,(H,16,19)(H,17,18). The number of carboxylic acids is 1. The number of nitrogens with one attached hydrogen (secondary N) is 1. The summed E-state index contributed by atoms with van der Waals surface area (Å²) < 4.78 is 0. The highest BCUT2D eigenvalue weighted by Crippen LogP contribution is 2.39. The summed E-state index contributed by atoms with van der Waals surface area (Å²) in [5.74, 6) is -0.0800. The Bertz CT molecular complexity index is 307. The molecule has 1 rings (SSSR count). The van der Waals surface area contributed by atoms with Gasteiger partial charge in [0.15, 0.2) is 0 Å². The summed E-state index contributed by atoms with van der Waals surface area (Å²) in [6.07, 6.45) is 7.46. The molecule has 0 heterocycles. The van der Waals surface area contributed by atoms with E-state index < -0.39 is 5.97 Å². The normalized spacial score (nSPS) is 16.5. The van der Waals surface area contributed by atoms with E-state index in [-0.39, 0.29) is 17.7 Å². The second kappa shape index (κ2) is 7.51. The van der Waals surface area contributed by atoms with Gasteiger partial charge in [0.05, 0.1) is 0 Å². The maximum absolute atomic E-state index is 12.2. The van der Waals surface area contributed by atoms with Gasteiger partial charge in [-0.2, -0.15) is 0 Å². The minimum Gasteiger partial charge on any atom is -0.481 e. The van der Waals surface area contributed by atoms with Gasteiger partial charge < -0.3 is 10.4 Å². The molecular formula is C15H27NO3. The predicted molar refractivity (Wildman–Crippen MR) is 74.9 cm³/mol. The second-order valence-electron chi connectivity index (χ2n) is 6.16. The molecule has 0 radical (unpaired) electrons. The number of carboxylic acid groups (broad SMARTS) is 1. The van der Waals surface area contributed by atoms with Crippen LogP contribution in [0.5, 0.6) is 0 Å². The Labute approximate surface area is 116 Å². The number of unbranched alkanes of at least 4 members (excludes halogenated alkanes) is 2. The first-order valence-corrected chi connectivity index (χ1v) is 7.44. The third-order valence-electron chi connectivity index (χ3n) is 4.31. The number of carbonyl (C=O) groups is 2.